The minimum atomic E-state index is 0.732. The summed E-state index contributed by atoms with van der Waals surface area (Å²) in [6.07, 6.45) is 3.43. The van der Waals surface area contributed by atoms with Gasteiger partial charge in [-0.05, 0) is 48.9 Å². The Morgan fingerprint density at radius 1 is 1.33 bits per heavy atom. The fraction of sp³-hybridized carbons (Fsp3) is 0.471. The number of rotatable bonds is 5. The van der Waals surface area contributed by atoms with Gasteiger partial charge in [-0.15, -0.1) is 0 Å². The molecule has 112 valence electrons. The summed E-state index contributed by atoms with van der Waals surface area (Å²) in [5.74, 6) is 0. The summed E-state index contributed by atoms with van der Waals surface area (Å²) in [5, 5.41) is 5.51. The van der Waals surface area contributed by atoms with Crippen molar-refractivity contribution in [1.29, 1.82) is 0 Å². The summed E-state index contributed by atoms with van der Waals surface area (Å²) in [5.41, 5.74) is 6.24. The number of hydrogen-bond donors (Lipinski definition) is 1. The molecule has 0 spiro atoms. The molecule has 0 aliphatic heterocycles. The maximum absolute atomic E-state index is 6.26. The van der Waals surface area contributed by atoms with Gasteiger partial charge in [0.05, 0.1) is 12.1 Å². The minimum Gasteiger partial charge on any atom is -0.383 e. The van der Waals surface area contributed by atoms with E-state index in [-0.39, 0.29) is 0 Å². The second-order valence-corrected chi connectivity index (χ2v) is 6.01. The van der Waals surface area contributed by atoms with Gasteiger partial charge in [-0.3, -0.25) is 4.98 Å². The van der Waals surface area contributed by atoms with Crippen LogP contribution in [-0.2, 0) is 24.1 Å². The summed E-state index contributed by atoms with van der Waals surface area (Å²) in [6, 6.07) is 4.10. The summed E-state index contributed by atoms with van der Waals surface area (Å²) in [6.45, 7) is 4.52. The molecule has 0 amide bonds. The van der Waals surface area contributed by atoms with Gasteiger partial charge >= 0.3 is 0 Å². The smallest absolute Gasteiger partial charge is 0.0752 e. The van der Waals surface area contributed by atoms with Crippen LogP contribution >= 0.6 is 11.6 Å². The van der Waals surface area contributed by atoms with Crippen molar-refractivity contribution < 1.29 is 4.74 Å². The molecule has 1 aliphatic rings. The highest BCUT2D eigenvalue weighted by atomic mass is 35.5. The van der Waals surface area contributed by atoms with E-state index in [1.165, 1.54) is 28.6 Å². The van der Waals surface area contributed by atoms with Gasteiger partial charge in [-0.1, -0.05) is 17.7 Å². The Morgan fingerprint density at radius 2 is 2.19 bits per heavy atom. The highest BCUT2D eigenvalue weighted by Gasteiger charge is 2.20. The molecule has 0 radical (unpaired) electrons. The average molecular weight is 305 g/mol. The maximum atomic E-state index is 6.26. The first-order valence-corrected chi connectivity index (χ1v) is 7.89. The number of benzene rings is 1. The van der Waals surface area contributed by atoms with Gasteiger partial charge in [-0.2, -0.15) is 0 Å². The topological polar surface area (TPSA) is 34.1 Å². The molecule has 1 aromatic heterocycles. The van der Waals surface area contributed by atoms with E-state index >= 15 is 0 Å². The van der Waals surface area contributed by atoms with Crippen LogP contribution in [0, 0.1) is 6.92 Å². The molecule has 0 saturated heterocycles. The molecule has 0 saturated carbocycles. The van der Waals surface area contributed by atoms with Crippen LogP contribution in [0.1, 0.15) is 28.8 Å². The van der Waals surface area contributed by atoms with E-state index < -0.39 is 0 Å². The number of fused-ring (bicyclic) bond motifs is 2. The highest BCUT2D eigenvalue weighted by Crippen LogP contribution is 2.33. The van der Waals surface area contributed by atoms with Gasteiger partial charge in [0.25, 0.3) is 0 Å². The van der Waals surface area contributed by atoms with Crippen molar-refractivity contribution in [3.05, 3.63) is 39.5 Å². The van der Waals surface area contributed by atoms with Gasteiger partial charge in [0.2, 0.25) is 0 Å². The summed E-state index contributed by atoms with van der Waals surface area (Å²) in [4.78, 5) is 4.88. The Morgan fingerprint density at radius 3 is 3.00 bits per heavy atom. The van der Waals surface area contributed by atoms with Gasteiger partial charge in [-0.25, -0.2) is 0 Å². The van der Waals surface area contributed by atoms with E-state index in [1.54, 1.807) is 7.11 Å². The lowest BCUT2D eigenvalue weighted by atomic mass is 9.99. The number of nitrogens with one attached hydrogen (secondary N) is 1. The van der Waals surface area contributed by atoms with E-state index in [2.05, 4.69) is 18.3 Å². The number of halogens is 1. The highest BCUT2D eigenvalue weighted by molar-refractivity contribution is 6.32. The van der Waals surface area contributed by atoms with Gasteiger partial charge in [0.1, 0.15) is 0 Å². The first kappa shape index (κ1) is 14.8. The van der Waals surface area contributed by atoms with E-state index in [4.69, 9.17) is 21.3 Å². The third kappa shape index (κ3) is 2.78. The number of nitrogens with zero attached hydrogens (tertiary/aromatic N) is 1. The van der Waals surface area contributed by atoms with E-state index in [9.17, 15) is 0 Å². The number of ether oxygens (including phenoxy) is 1. The molecule has 1 aromatic carbocycles. The SMILES string of the molecule is COCCNCc1c2c(nc3c(C)c(Cl)ccc13)CCC2. The molecule has 1 aliphatic carbocycles. The fourth-order valence-electron chi connectivity index (χ4n) is 3.13. The maximum Gasteiger partial charge on any atom is 0.0752 e. The third-order valence-electron chi connectivity index (χ3n) is 4.27. The lowest BCUT2D eigenvalue weighted by Gasteiger charge is -2.15. The molecule has 0 unspecified atom stereocenters. The van der Waals surface area contributed by atoms with Crippen LogP contribution in [0.25, 0.3) is 10.9 Å². The molecular weight excluding hydrogens is 284 g/mol. The Bertz CT molecular complexity index is 670. The zero-order valence-corrected chi connectivity index (χ0v) is 13.4. The molecule has 2 aromatic rings. The Kier molecular flexibility index (Phi) is 4.43. The lowest BCUT2D eigenvalue weighted by Crippen LogP contribution is -2.20. The Labute approximate surface area is 130 Å². The summed E-state index contributed by atoms with van der Waals surface area (Å²) in [7, 11) is 1.73. The largest absolute Gasteiger partial charge is 0.383 e. The zero-order valence-electron chi connectivity index (χ0n) is 12.6. The summed E-state index contributed by atoms with van der Waals surface area (Å²) < 4.78 is 5.10. The number of aromatic nitrogens is 1. The zero-order chi connectivity index (χ0) is 14.8. The van der Waals surface area contributed by atoms with Crippen molar-refractivity contribution in [2.45, 2.75) is 32.7 Å². The molecule has 4 heteroatoms. The van der Waals surface area contributed by atoms with Crippen LogP contribution in [0.2, 0.25) is 5.02 Å². The van der Waals surface area contributed by atoms with Crippen molar-refractivity contribution in [2.24, 2.45) is 0 Å². The standard InChI is InChI=1S/C17H21ClN2O/c1-11-15(18)7-6-13-14(10-19-8-9-21-2)12-4-3-5-16(12)20-17(11)13/h6-7,19H,3-5,8-10H2,1-2H3. The second kappa shape index (κ2) is 6.30. The number of hydrogen-bond acceptors (Lipinski definition) is 3. The quantitative estimate of drug-likeness (QED) is 0.860. The first-order valence-electron chi connectivity index (χ1n) is 7.51. The molecule has 0 atom stereocenters. The Balaban J connectivity index is 2.05. The number of aryl methyl sites for hydroxylation is 2. The second-order valence-electron chi connectivity index (χ2n) is 5.61. The predicted molar refractivity (Wildman–Crippen MR) is 87.1 cm³/mol. The first-order chi connectivity index (χ1) is 10.2. The van der Waals surface area contributed by atoms with Gasteiger partial charge in [0, 0.05) is 36.3 Å². The normalized spacial score (nSPS) is 13.9. The van der Waals surface area contributed by atoms with Crippen molar-refractivity contribution in [3.8, 4) is 0 Å². The van der Waals surface area contributed by atoms with Crippen LogP contribution in [0.3, 0.4) is 0 Å². The van der Waals surface area contributed by atoms with Crippen LogP contribution in [-0.4, -0.2) is 25.2 Å². The van der Waals surface area contributed by atoms with Crippen molar-refractivity contribution >= 4 is 22.5 Å². The fourth-order valence-corrected chi connectivity index (χ4v) is 3.28. The summed E-state index contributed by atoms with van der Waals surface area (Å²) >= 11 is 6.26. The van der Waals surface area contributed by atoms with Crippen molar-refractivity contribution in [2.75, 3.05) is 20.3 Å². The monoisotopic (exact) mass is 304 g/mol. The van der Waals surface area contributed by atoms with Crippen molar-refractivity contribution in [3.63, 3.8) is 0 Å². The molecule has 1 heterocycles. The average Bonchev–Trinajstić information content (AvgIpc) is 2.95. The Hall–Kier alpha value is -1.16. The lowest BCUT2D eigenvalue weighted by molar-refractivity contribution is 0.199. The van der Waals surface area contributed by atoms with E-state index in [0.717, 1.165) is 48.6 Å². The van der Waals surface area contributed by atoms with Crippen LogP contribution < -0.4 is 5.32 Å². The van der Waals surface area contributed by atoms with Gasteiger partial charge < -0.3 is 10.1 Å². The third-order valence-corrected chi connectivity index (χ3v) is 4.68. The minimum absolute atomic E-state index is 0.732. The number of methoxy groups -OCH3 is 1. The molecule has 3 nitrogen and oxygen atoms in total. The van der Waals surface area contributed by atoms with Crippen LogP contribution in [0.15, 0.2) is 12.1 Å². The molecular formula is C17H21ClN2O. The van der Waals surface area contributed by atoms with Crippen molar-refractivity contribution in [1.82, 2.24) is 10.3 Å². The number of pyridine rings is 1. The predicted octanol–water partition coefficient (Wildman–Crippen LogP) is 3.42. The molecule has 0 bridgehead atoms. The van der Waals surface area contributed by atoms with Crippen LogP contribution in [0.4, 0.5) is 0 Å². The van der Waals surface area contributed by atoms with E-state index in [1.807, 2.05) is 6.07 Å². The molecule has 3 rings (SSSR count). The van der Waals surface area contributed by atoms with Gasteiger partial charge in [0.15, 0.2) is 0 Å². The van der Waals surface area contributed by atoms with Crippen LogP contribution in [0.5, 0.6) is 0 Å². The molecule has 0 fully saturated rings. The molecule has 1 N–H and O–H groups in total. The van der Waals surface area contributed by atoms with E-state index in [0.29, 0.717) is 0 Å². The molecule has 21 heavy (non-hydrogen) atoms.